The number of aliphatic hydroxyl groups is 1. The molecule has 11 heteroatoms. The molecule has 1 aromatic carbocycles. The molecule has 0 radical (unpaired) electrons. The molecule has 1 aromatic rings. The summed E-state index contributed by atoms with van der Waals surface area (Å²) >= 11 is 3.59. The van der Waals surface area contributed by atoms with Crippen molar-refractivity contribution in [2.24, 2.45) is 11.8 Å². The summed E-state index contributed by atoms with van der Waals surface area (Å²) in [5.74, 6) is -3.30. The zero-order valence-corrected chi connectivity index (χ0v) is 25.6. The van der Waals surface area contributed by atoms with Crippen molar-refractivity contribution in [2.45, 2.75) is 74.8 Å². The first-order valence-corrected chi connectivity index (χ1v) is 16.1. The fraction of sp³-hybridized carbons (Fsp3) is 0.562. The van der Waals surface area contributed by atoms with Crippen LogP contribution >= 0.6 is 15.9 Å². The molecule has 2 N–H and O–H groups in total. The molecule has 43 heavy (non-hydrogen) atoms. The predicted octanol–water partition coefficient (Wildman–Crippen LogP) is 2.76. The van der Waals surface area contributed by atoms with Crippen LogP contribution in [0.5, 0.6) is 0 Å². The predicted molar refractivity (Wildman–Crippen MR) is 159 cm³/mol. The SMILES string of the molecule is O=C1CC/C=C\CN(C2CCCCC2)C(=O)[C@@H]2N(CCO)C(=O)[C@H]3[C@H](C(=O)N[C@H](c4ccccc4)CO1)[C@H]1O[C@@]23C=C1Br. The number of aliphatic hydroxyl groups excluding tert-OH is 1. The van der Waals surface area contributed by atoms with E-state index >= 15 is 0 Å². The lowest BCUT2D eigenvalue weighted by Gasteiger charge is -2.40. The first-order chi connectivity index (χ1) is 20.9. The maximum absolute atomic E-state index is 14.6. The van der Waals surface area contributed by atoms with Crippen LogP contribution in [0.4, 0.5) is 0 Å². The average molecular weight is 657 g/mol. The minimum atomic E-state index is -1.35. The third kappa shape index (κ3) is 5.44. The summed E-state index contributed by atoms with van der Waals surface area (Å²) in [5.41, 5.74) is -0.598. The molecule has 5 aliphatic rings. The minimum Gasteiger partial charge on any atom is -0.463 e. The molecule has 5 bridgehead atoms. The Hall–Kier alpha value is -3.02. The van der Waals surface area contributed by atoms with Crippen LogP contribution in [0.15, 0.2) is 53.0 Å². The fourth-order valence-electron chi connectivity index (χ4n) is 7.54. The topological polar surface area (TPSA) is 125 Å². The molecule has 0 unspecified atom stereocenters. The number of likely N-dealkylation sites (tertiary alicyclic amines) is 1. The summed E-state index contributed by atoms with van der Waals surface area (Å²) in [6.45, 7) is -0.109. The average Bonchev–Trinajstić information content (AvgIpc) is 3.60. The van der Waals surface area contributed by atoms with Gasteiger partial charge < -0.3 is 29.7 Å². The van der Waals surface area contributed by atoms with Crippen molar-refractivity contribution in [1.29, 1.82) is 0 Å². The molecule has 4 aliphatic heterocycles. The molecule has 2 saturated heterocycles. The number of fused-ring (bicyclic) bond motifs is 2. The van der Waals surface area contributed by atoms with Gasteiger partial charge in [0.2, 0.25) is 17.7 Å². The van der Waals surface area contributed by atoms with Gasteiger partial charge in [-0.2, -0.15) is 0 Å². The number of β-amino-alcohol motifs (C(OH)–C–C–N with tert-alkyl or cyclic N) is 1. The Balaban J connectivity index is 1.41. The molecule has 10 nitrogen and oxygen atoms in total. The molecule has 6 atom stereocenters. The van der Waals surface area contributed by atoms with Gasteiger partial charge in [-0.15, -0.1) is 0 Å². The Bertz CT molecular complexity index is 1310. The van der Waals surface area contributed by atoms with E-state index in [9.17, 15) is 24.3 Å². The van der Waals surface area contributed by atoms with Crippen LogP contribution in [0.1, 0.15) is 56.6 Å². The third-order valence-electron chi connectivity index (χ3n) is 9.52. The highest BCUT2D eigenvalue weighted by atomic mass is 79.9. The number of nitrogens with zero attached hydrogens (tertiary/aromatic N) is 2. The summed E-state index contributed by atoms with van der Waals surface area (Å²) in [6, 6.07) is 7.56. The Morgan fingerprint density at radius 1 is 1.02 bits per heavy atom. The Morgan fingerprint density at radius 2 is 1.79 bits per heavy atom. The molecule has 4 heterocycles. The highest BCUT2D eigenvalue weighted by Gasteiger charge is 2.74. The van der Waals surface area contributed by atoms with Gasteiger partial charge in [-0.05, 0) is 30.9 Å². The number of rotatable bonds is 4. The van der Waals surface area contributed by atoms with Crippen molar-refractivity contribution < 1.29 is 33.8 Å². The molecule has 3 amide bonds. The molecule has 230 valence electrons. The lowest BCUT2D eigenvalue weighted by atomic mass is 9.73. The molecular formula is C32H38BrN3O7. The summed E-state index contributed by atoms with van der Waals surface area (Å²) in [6.07, 6.45) is 10.3. The molecule has 3 fully saturated rings. The summed E-state index contributed by atoms with van der Waals surface area (Å²) in [4.78, 5) is 58.8. The number of nitrogens with one attached hydrogen (secondary N) is 1. The van der Waals surface area contributed by atoms with Crippen LogP contribution in [-0.4, -0.2) is 88.7 Å². The zero-order chi connectivity index (χ0) is 30.1. The summed E-state index contributed by atoms with van der Waals surface area (Å²) < 4.78 is 12.8. The number of allylic oxidation sites excluding steroid dienone is 1. The van der Waals surface area contributed by atoms with E-state index in [0.29, 0.717) is 17.4 Å². The number of carbonyl (C=O) groups excluding carboxylic acids is 4. The van der Waals surface area contributed by atoms with Crippen molar-refractivity contribution in [2.75, 3.05) is 26.3 Å². The van der Waals surface area contributed by atoms with E-state index in [-0.39, 0.29) is 50.0 Å². The number of carbonyl (C=O) groups is 4. The van der Waals surface area contributed by atoms with E-state index in [4.69, 9.17) is 9.47 Å². The Labute approximate surface area is 259 Å². The number of hydrogen-bond acceptors (Lipinski definition) is 7. The van der Waals surface area contributed by atoms with E-state index < -0.39 is 41.5 Å². The number of hydrogen-bond donors (Lipinski definition) is 2. The number of benzene rings is 1. The zero-order valence-electron chi connectivity index (χ0n) is 24.0. The highest BCUT2D eigenvalue weighted by Crippen LogP contribution is 2.58. The van der Waals surface area contributed by atoms with Crippen molar-refractivity contribution in [1.82, 2.24) is 15.1 Å². The van der Waals surface area contributed by atoms with Crippen molar-refractivity contribution >= 4 is 39.6 Å². The van der Waals surface area contributed by atoms with E-state index in [1.807, 2.05) is 47.4 Å². The summed E-state index contributed by atoms with van der Waals surface area (Å²) in [5, 5.41) is 13.0. The Morgan fingerprint density at radius 3 is 2.53 bits per heavy atom. The first-order valence-electron chi connectivity index (χ1n) is 15.3. The number of amides is 3. The quantitative estimate of drug-likeness (QED) is 0.377. The van der Waals surface area contributed by atoms with Gasteiger partial charge >= 0.3 is 5.97 Å². The second-order valence-electron chi connectivity index (χ2n) is 12.0. The van der Waals surface area contributed by atoms with Crippen LogP contribution in [-0.2, 0) is 28.7 Å². The summed E-state index contributed by atoms with van der Waals surface area (Å²) in [7, 11) is 0. The maximum atomic E-state index is 14.6. The standard InChI is InChI=1S/C32H38BrN3O7/c33-22-18-32-26-25(27(22)43-32)29(39)34-23(20-10-4-1-5-11-20)19-42-24(38)14-8-3-9-15-35(21-12-6-2-7-13-21)31(41)28(32)36(16-17-37)30(26)40/h1,3-5,9-11,18,21,23,25-28,37H,2,6-8,12-17,19H2,(H,34,39)/b9-3-/t23-,25-,26+,27-,28-,32+/m0/s1. The van der Waals surface area contributed by atoms with Gasteiger partial charge in [-0.25, -0.2) is 0 Å². The molecule has 1 aliphatic carbocycles. The molecular weight excluding hydrogens is 618 g/mol. The molecule has 0 aromatic heterocycles. The van der Waals surface area contributed by atoms with Crippen molar-refractivity contribution in [3.8, 4) is 0 Å². The van der Waals surface area contributed by atoms with Crippen molar-refractivity contribution in [3.05, 3.63) is 58.6 Å². The monoisotopic (exact) mass is 655 g/mol. The lowest BCUT2D eigenvalue weighted by Crippen LogP contribution is -2.58. The smallest absolute Gasteiger partial charge is 0.306 e. The largest absolute Gasteiger partial charge is 0.463 e. The van der Waals surface area contributed by atoms with E-state index in [2.05, 4.69) is 21.2 Å². The number of halogens is 1. The van der Waals surface area contributed by atoms with Gasteiger partial charge in [0.1, 0.15) is 24.4 Å². The van der Waals surface area contributed by atoms with Crippen LogP contribution < -0.4 is 5.32 Å². The molecule has 1 spiro atoms. The van der Waals surface area contributed by atoms with Gasteiger partial charge in [0, 0.05) is 30.0 Å². The first kappa shape index (κ1) is 30.0. The number of cyclic esters (lactones) is 1. The van der Waals surface area contributed by atoms with Crippen LogP contribution in [0.3, 0.4) is 0 Å². The van der Waals surface area contributed by atoms with Gasteiger partial charge in [0.15, 0.2) is 0 Å². The van der Waals surface area contributed by atoms with Gasteiger partial charge in [-0.3, -0.25) is 19.2 Å². The number of esters is 1. The fourth-order valence-corrected chi connectivity index (χ4v) is 8.28. The van der Waals surface area contributed by atoms with Gasteiger partial charge in [0.05, 0.1) is 24.5 Å². The van der Waals surface area contributed by atoms with E-state index in [1.54, 1.807) is 6.08 Å². The second kappa shape index (κ2) is 12.5. The van der Waals surface area contributed by atoms with Crippen molar-refractivity contribution in [3.63, 3.8) is 0 Å². The second-order valence-corrected chi connectivity index (χ2v) is 12.9. The van der Waals surface area contributed by atoms with Crippen LogP contribution in [0.25, 0.3) is 0 Å². The van der Waals surface area contributed by atoms with Crippen LogP contribution in [0.2, 0.25) is 0 Å². The van der Waals surface area contributed by atoms with E-state index in [0.717, 1.165) is 37.7 Å². The molecule has 6 rings (SSSR count). The van der Waals surface area contributed by atoms with Crippen LogP contribution in [0, 0.1) is 11.8 Å². The maximum Gasteiger partial charge on any atom is 0.306 e. The minimum absolute atomic E-state index is 0.00349. The molecule has 1 saturated carbocycles. The van der Waals surface area contributed by atoms with E-state index in [1.165, 1.54) is 4.90 Å². The van der Waals surface area contributed by atoms with Gasteiger partial charge in [-0.1, -0.05) is 77.7 Å². The van der Waals surface area contributed by atoms with Gasteiger partial charge in [0.25, 0.3) is 0 Å². The normalized spacial score (nSPS) is 34.6. The lowest BCUT2D eigenvalue weighted by molar-refractivity contribution is -0.150. The Kier molecular flexibility index (Phi) is 8.75. The third-order valence-corrected chi connectivity index (χ3v) is 10.2. The number of ether oxygens (including phenoxy) is 2. The highest BCUT2D eigenvalue weighted by molar-refractivity contribution is 9.11.